The van der Waals surface area contributed by atoms with Crippen molar-refractivity contribution in [2.24, 2.45) is 4.40 Å². The first-order chi connectivity index (χ1) is 20.9. The van der Waals surface area contributed by atoms with Gasteiger partial charge >= 0.3 is 0 Å². The Labute approximate surface area is 269 Å². The van der Waals surface area contributed by atoms with Crippen LogP contribution in [0.4, 0.5) is 0 Å². The highest BCUT2D eigenvalue weighted by Crippen LogP contribution is 2.48. The predicted octanol–water partition coefficient (Wildman–Crippen LogP) is 8.29. The molecule has 1 heterocycles. The maximum absolute atomic E-state index is 14.5. The molecule has 0 N–H and O–H groups in total. The van der Waals surface area contributed by atoms with E-state index in [2.05, 4.69) is 4.40 Å². The maximum atomic E-state index is 14.5. The summed E-state index contributed by atoms with van der Waals surface area (Å²) < 4.78 is 61.3. The van der Waals surface area contributed by atoms with Crippen molar-refractivity contribution in [2.45, 2.75) is 65.0 Å². The van der Waals surface area contributed by atoms with Gasteiger partial charge in [0.2, 0.25) is 0 Å². The van der Waals surface area contributed by atoms with Gasteiger partial charge in [-0.05, 0) is 89.1 Å². The van der Waals surface area contributed by atoms with Crippen LogP contribution in [-0.2, 0) is 20.0 Å². The molecule has 44 heavy (non-hydrogen) atoms. The lowest BCUT2D eigenvalue weighted by molar-refractivity contribution is 0.404. The fraction of sp³-hybridized carbons (Fsp3) is 0.206. The van der Waals surface area contributed by atoms with Crippen LogP contribution in [0.5, 0.6) is 0 Å². The van der Waals surface area contributed by atoms with E-state index in [0.717, 1.165) is 36.9 Å². The number of thioether (sulfide) groups is 2. The molecule has 1 aliphatic heterocycles. The first-order valence-corrected chi connectivity index (χ1v) is 18.6. The quantitative estimate of drug-likeness (QED) is 0.168. The monoisotopic (exact) mass is 662 g/mol. The van der Waals surface area contributed by atoms with Crippen molar-refractivity contribution in [3.8, 4) is 0 Å². The Hall–Kier alpha value is -3.31. The third-order valence-electron chi connectivity index (χ3n) is 7.24. The van der Waals surface area contributed by atoms with Crippen LogP contribution in [0.15, 0.2) is 132 Å². The number of rotatable bonds is 9. The van der Waals surface area contributed by atoms with Crippen LogP contribution in [-0.4, -0.2) is 32.2 Å². The summed E-state index contributed by atoms with van der Waals surface area (Å²) in [7, 11) is -8.26. The van der Waals surface area contributed by atoms with Gasteiger partial charge in [-0.25, -0.2) is 8.42 Å². The third-order valence-corrected chi connectivity index (χ3v) is 12.9. The van der Waals surface area contributed by atoms with Gasteiger partial charge in [0.15, 0.2) is 0 Å². The summed E-state index contributed by atoms with van der Waals surface area (Å²) in [5.74, 6) is 0. The van der Waals surface area contributed by atoms with E-state index >= 15 is 0 Å². The molecule has 0 radical (unpaired) electrons. The SMILES string of the molecule is Cc1ccc(SC2=CN(S(=O)(=O)c3ccc(C)cc3)[C@](/C=N/S(=O)(=O)c3ccc(C)cc3)(Sc3ccc(C)cc3)CC2)cc1. The molecule has 0 bridgehead atoms. The van der Waals surface area contributed by atoms with E-state index in [-0.39, 0.29) is 9.79 Å². The molecule has 0 unspecified atom stereocenters. The molecule has 0 aromatic heterocycles. The molecule has 0 aliphatic carbocycles. The Balaban J connectivity index is 1.66. The number of hydrogen-bond acceptors (Lipinski definition) is 6. The van der Waals surface area contributed by atoms with E-state index in [0.29, 0.717) is 12.8 Å². The zero-order valence-corrected chi connectivity index (χ0v) is 28.2. The van der Waals surface area contributed by atoms with E-state index < -0.39 is 24.9 Å². The molecule has 4 aromatic rings. The number of hydrogen-bond donors (Lipinski definition) is 0. The van der Waals surface area contributed by atoms with Gasteiger partial charge in [0.25, 0.3) is 20.0 Å². The molecule has 1 aliphatic rings. The lowest BCUT2D eigenvalue weighted by atomic mass is 10.1. The zero-order chi connectivity index (χ0) is 31.5. The Bertz CT molecular complexity index is 1900. The Morgan fingerprint density at radius 2 is 1.11 bits per heavy atom. The van der Waals surface area contributed by atoms with Crippen molar-refractivity contribution in [2.75, 3.05) is 0 Å². The van der Waals surface area contributed by atoms with Gasteiger partial charge in [0.05, 0.1) is 16.0 Å². The second-order valence-corrected chi connectivity index (χ2v) is 16.9. The molecule has 1 atom stereocenters. The minimum atomic E-state index is -4.15. The fourth-order valence-electron chi connectivity index (χ4n) is 4.63. The number of aryl methyl sites for hydroxylation is 4. The van der Waals surface area contributed by atoms with Gasteiger partial charge in [-0.1, -0.05) is 94.3 Å². The zero-order valence-electron chi connectivity index (χ0n) is 25.0. The van der Waals surface area contributed by atoms with Crippen LogP contribution in [0.1, 0.15) is 35.1 Å². The van der Waals surface area contributed by atoms with E-state index in [1.807, 2.05) is 76.2 Å². The average Bonchev–Trinajstić information content (AvgIpc) is 3.00. The van der Waals surface area contributed by atoms with Gasteiger partial charge in [0, 0.05) is 20.9 Å². The standard InChI is InChI=1S/C34H34N2O4S4/c1-25-5-13-29(14-6-25)41-31-21-22-34(42-30-15-7-26(2)8-16-30,24-35-43(37,38)32-17-9-27(3)10-18-32)36(23-31)44(39,40)33-19-11-28(4)12-20-33/h5-20,23-24H,21-22H2,1-4H3/b35-24+/t34-/m0/s1. The molecule has 0 spiro atoms. The Morgan fingerprint density at radius 3 is 1.64 bits per heavy atom. The molecular formula is C34H34N2O4S4. The lowest BCUT2D eigenvalue weighted by Gasteiger charge is -2.42. The fourth-order valence-corrected chi connectivity index (χ4v) is 9.67. The topological polar surface area (TPSA) is 83.9 Å². The Kier molecular flexibility index (Phi) is 9.46. The number of sulfonamides is 2. The molecule has 228 valence electrons. The second-order valence-electron chi connectivity index (χ2n) is 10.9. The van der Waals surface area contributed by atoms with Crippen LogP contribution >= 0.6 is 23.5 Å². The molecule has 0 amide bonds. The molecule has 5 rings (SSSR count). The van der Waals surface area contributed by atoms with E-state index in [1.165, 1.54) is 46.2 Å². The first-order valence-electron chi connectivity index (χ1n) is 14.1. The number of benzene rings is 4. The molecule has 10 heteroatoms. The average molecular weight is 663 g/mol. The highest BCUT2D eigenvalue weighted by Gasteiger charge is 2.45. The van der Waals surface area contributed by atoms with Crippen LogP contribution in [0, 0.1) is 27.7 Å². The van der Waals surface area contributed by atoms with Crippen molar-refractivity contribution >= 4 is 49.8 Å². The minimum absolute atomic E-state index is 0.0461. The van der Waals surface area contributed by atoms with Crippen molar-refractivity contribution < 1.29 is 16.8 Å². The van der Waals surface area contributed by atoms with Gasteiger partial charge in [-0.15, -0.1) is 0 Å². The van der Waals surface area contributed by atoms with Gasteiger partial charge < -0.3 is 0 Å². The molecule has 6 nitrogen and oxygen atoms in total. The van der Waals surface area contributed by atoms with Crippen LogP contribution in [0.3, 0.4) is 0 Å². The lowest BCUT2D eigenvalue weighted by Crippen LogP contribution is -2.49. The summed E-state index contributed by atoms with van der Waals surface area (Å²) in [4.78, 5) is 1.42. The molecule has 0 saturated carbocycles. The minimum Gasteiger partial charge on any atom is -0.251 e. The summed E-state index contributed by atoms with van der Waals surface area (Å²) in [6, 6.07) is 28.9. The van der Waals surface area contributed by atoms with E-state index in [4.69, 9.17) is 0 Å². The van der Waals surface area contributed by atoms with Crippen molar-refractivity contribution in [1.82, 2.24) is 4.31 Å². The maximum Gasteiger partial charge on any atom is 0.282 e. The number of nitrogens with zero attached hydrogens (tertiary/aromatic N) is 2. The van der Waals surface area contributed by atoms with E-state index in [9.17, 15) is 16.8 Å². The van der Waals surface area contributed by atoms with Crippen LogP contribution in [0.25, 0.3) is 0 Å². The van der Waals surface area contributed by atoms with Crippen molar-refractivity contribution in [3.05, 3.63) is 130 Å². The second kappa shape index (κ2) is 13.0. The van der Waals surface area contributed by atoms with E-state index in [1.54, 1.807) is 42.6 Å². The molecule has 4 aromatic carbocycles. The van der Waals surface area contributed by atoms with Crippen molar-refractivity contribution in [1.29, 1.82) is 0 Å². The molecule has 0 saturated heterocycles. The first kappa shape index (κ1) is 32.1. The highest BCUT2D eigenvalue weighted by molar-refractivity contribution is 8.03. The smallest absolute Gasteiger partial charge is 0.251 e. The van der Waals surface area contributed by atoms with Gasteiger partial charge in [-0.3, -0.25) is 4.31 Å². The highest BCUT2D eigenvalue weighted by atomic mass is 32.2. The summed E-state index contributed by atoms with van der Waals surface area (Å²) in [5, 5.41) is 0. The predicted molar refractivity (Wildman–Crippen MR) is 181 cm³/mol. The summed E-state index contributed by atoms with van der Waals surface area (Å²) in [5.41, 5.74) is 4.05. The molecule has 0 fully saturated rings. The normalized spacial score (nSPS) is 17.5. The third kappa shape index (κ3) is 7.31. The van der Waals surface area contributed by atoms with Crippen LogP contribution < -0.4 is 0 Å². The summed E-state index contributed by atoms with van der Waals surface area (Å²) in [6.07, 6.45) is 3.78. The Morgan fingerprint density at radius 1 is 0.659 bits per heavy atom. The summed E-state index contributed by atoms with van der Waals surface area (Å²) >= 11 is 2.79. The molecular weight excluding hydrogens is 629 g/mol. The summed E-state index contributed by atoms with van der Waals surface area (Å²) in [6.45, 7) is 7.77. The van der Waals surface area contributed by atoms with Crippen molar-refractivity contribution in [3.63, 3.8) is 0 Å². The number of allylic oxidation sites excluding steroid dienone is 1. The van der Waals surface area contributed by atoms with Crippen LogP contribution in [0.2, 0.25) is 0 Å². The largest absolute Gasteiger partial charge is 0.282 e. The van der Waals surface area contributed by atoms with Gasteiger partial charge in [0.1, 0.15) is 4.87 Å². The van der Waals surface area contributed by atoms with Gasteiger partial charge in [-0.2, -0.15) is 12.8 Å².